The molecular formula is C17H17BrCl2O2. The summed E-state index contributed by atoms with van der Waals surface area (Å²) in [5, 5.41) is 0.897. The average molecular weight is 404 g/mol. The van der Waals surface area contributed by atoms with E-state index in [2.05, 4.69) is 22.9 Å². The van der Waals surface area contributed by atoms with Gasteiger partial charge in [0, 0.05) is 22.2 Å². The third-order valence-electron chi connectivity index (χ3n) is 4.81. The Morgan fingerprint density at radius 3 is 2.77 bits per heavy atom. The maximum absolute atomic E-state index is 12.0. The minimum absolute atomic E-state index is 0.0790. The summed E-state index contributed by atoms with van der Waals surface area (Å²) in [5.74, 6) is 0.740. The van der Waals surface area contributed by atoms with Crippen LogP contribution in [0.2, 0.25) is 10.0 Å². The van der Waals surface area contributed by atoms with E-state index in [0.717, 1.165) is 36.0 Å². The second-order valence-electron chi connectivity index (χ2n) is 5.96. The van der Waals surface area contributed by atoms with Crippen LogP contribution in [-0.4, -0.2) is 12.9 Å². The van der Waals surface area contributed by atoms with E-state index in [1.54, 1.807) is 13.2 Å². The van der Waals surface area contributed by atoms with Crippen molar-refractivity contribution < 1.29 is 9.53 Å². The van der Waals surface area contributed by atoms with Crippen molar-refractivity contribution in [3.8, 4) is 5.75 Å². The van der Waals surface area contributed by atoms with Crippen LogP contribution in [0.4, 0.5) is 0 Å². The molecule has 2 aliphatic rings. The lowest BCUT2D eigenvalue weighted by Gasteiger charge is -2.36. The third kappa shape index (κ3) is 2.16. The molecule has 0 radical (unpaired) electrons. The van der Waals surface area contributed by atoms with E-state index in [4.69, 9.17) is 27.9 Å². The van der Waals surface area contributed by atoms with Gasteiger partial charge in [0.15, 0.2) is 5.78 Å². The molecular weight excluding hydrogens is 387 g/mol. The fourth-order valence-corrected chi connectivity index (χ4v) is 5.41. The van der Waals surface area contributed by atoms with Gasteiger partial charge in [0.05, 0.1) is 12.1 Å². The van der Waals surface area contributed by atoms with Crippen LogP contribution in [-0.2, 0) is 4.79 Å². The summed E-state index contributed by atoms with van der Waals surface area (Å²) in [6.07, 6.45) is 5.25. The second-order valence-corrected chi connectivity index (χ2v) is 7.64. The Bertz CT molecular complexity index is 684. The first-order chi connectivity index (χ1) is 10.5. The van der Waals surface area contributed by atoms with Gasteiger partial charge < -0.3 is 4.74 Å². The van der Waals surface area contributed by atoms with Crippen LogP contribution in [0.1, 0.15) is 48.6 Å². The number of alkyl halides is 1. The van der Waals surface area contributed by atoms with Crippen molar-refractivity contribution in [1.82, 2.24) is 0 Å². The lowest BCUT2D eigenvalue weighted by molar-refractivity contribution is -0.115. The van der Waals surface area contributed by atoms with Crippen LogP contribution in [0.15, 0.2) is 12.1 Å². The highest BCUT2D eigenvalue weighted by Crippen LogP contribution is 2.66. The number of hydrogen-bond donors (Lipinski definition) is 0. The van der Waals surface area contributed by atoms with Gasteiger partial charge in [-0.25, -0.2) is 0 Å². The lowest BCUT2D eigenvalue weighted by Crippen LogP contribution is -2.27. The Kier molecular flexibility index (Phi) is 4.34. The van der Waals surface area contributed by atoms with Gasteiger partial charge in [-0.2, -0.15) is 0 Å². The maximum Gasteiger partial charge on any atom is 0.156 e. The molecule has 5 heteroatoms. The molecule has 0 bridgehead atoms. The number of benzene rings is 1. The highest BCUT2D eigenvalue weighted by molar-refractivity contribution is 9.09. The van der Waals surface area contributed by atoms with E-state index in [-0.39, 0.29) is 16.0 Å². The molecule has 2 aliphatic carbocycles. The molecule has 1 aromatic rings. The van der Waals surface area contributed by atoms with Gasteiger partial charge in [-0.3, -0.25) is 4.79 Å². The largest absolute Gasteiger partial charge is 0.495 e. The standard InChI is InChI=1S/C17H17BrCl2O2/c1-3-5-17-6-4-9(21)7-11(17)13-10(16(17)18)8-12(22-2)14(19)15(13)20/h7-8,16H,3-6H2,1-2H3. The summed E-state index contributed by atoms with van der Waals surface area (Å²) in [6.45, 7) is 2.17. The number of methoxy groups -OCH3 is 1. The van der Waals surface area contributed by atoms with Crippen molar-refractivity contribution in [3.05, 3.63) is 33.3 Å². The van der Waals surface area contributed by atoms with Gasteiger partial charge in [0.25, 0.3) is 0 Å². The first-order valence-corrected chi connectivity index (χ1v) is 9.08. The molecule has 0 saturated heterocycles. The molecule has 3 rings (SSSR count). The van der Waals surface area contributed by atoms with Gasteiger partial charge in [0.2, 0.25) is 0 Å². The molecule has 0 aromatic heterocycles. The summed E-state index contributed by atoms with van der Waals surface area (Å²) < 4.78 is 5.34. The summed E-state index contributed by atoms with van der Waals surface area (Å²) in [5.41, 5.74) is 2.94. The number of allylic oxidation sites excluding steroid dienone is 2. The quantitative estimate of drug-likeness (QED) is 0.579. The Labute approximate surface area is 148 Å². The van der Waals surface area contributed by atoms with E-state index in [1.807, 2.05) is 6.07 Å². The second kappa shape index (κ2) is 5.85. The molecule has 0 amide bonds. The fourth-order valence-electron chi connectivity index (χ4n) is 3.82. The number of carbonyl (C=O) groups excluding carboxylic acids is 1. The lowest BCUT2D eigenvalue weighted by atomic mass is 9.70. The summed E-state index contributed by atoms with van der Waals surface area (Å²) in [4.78, 5) is 12.1. The van der Waals surface area contributed by atoms with Crippen LogP contribution in [0, 0.1) is 5.41 Å². The average Bonchev–Trinajstić information content (AvgIpc) is 2.73. The SMILES string of the molecule is CCCC12CCC(=O)C=C1c1c(cc(OC)c(Cl)c1Cl)C2Br. The fraction of sp³-hybridized carbons (Fsp3) is 0.471. The molecule has 0 N–H and O–H groups in total. The van der Waals surface area contributed by atoms with Gasteiger partial charge >= 0.3 is 0 Å². The van der Waals surface area contributed by atoms with Crippen LogP contribution >= 0.6 is 39.1 Å². The van der Waals surface area contributed by atoms with Crippen molar-refractivity contribution >= 4 is 50.5 Å². The zero-order valence-corrected chi connectivity index (χ0v) is 15.6. The number of ether oxygens (including phenoxy) is 1. The van der Waals surface area contributed by atoms with Crippen molar-refractivity contribution in [1.29, 1.82) is 0 Å². The first-order valence-electron chi connectivity index (χ1n) is 7.41. The third-order valence-corrected chi connectivity index (χ3v) is 7.03. The monoisotopic (exact) mass is 402 g/mol. The molecule has 2 atom stereocenters. The first kappa shape index (κ1) is 16.4. The Hall–Kier alpha value is -0.510. The summed E-state index contributed by atoms with van der Waals surface area (Å²) in [7, 11) is 1.58. The van der Waals surface area contributed by atoms with E-state index >= 15 is 0 Å². The molecule has 0 aliphatic heterocycles. The van der Waals surface area contributed by atoms with Gasteiger partial charge in [-0.1, -0.05) is 52.5 Å². The summed E-state index contributed by atoms with van der Waals surface area (Å²) in [6, 6.07) is 1.95. The predicted octanol–water partition coefficient (Wildman–Crippen LogP) is 5.98. The molecule has 1 aromatic carbocycles. The van der Waals surface area contributed by atoms with E-state index in [1.165, 1.54) is 0 Å². The smallest absolute Gasteiger partial charge is 0.156 e. The van der Waals surface area contributed by atoms with Gasteiger partial charge in [0.1, 0.15) is 10.8 Å². The Morgan fingerprint density at radius 1 is 1.41 bits per heavy atom. The topological polar surface area (TPSA) is 26.3 Å². The molecule has 0 spiro atoms. The van der Waals surface area contributed by atoms with Gasteiger partial charge in [-0.15, -0.1) is 0 Å². The van der Waals surface area contributed by atoms with E-state index in [9.17, 15) is 4.79 Å². The van der Waals surface area contributed by atoms with Crippen molar-refractivity contribution in [2.75, 3.05) is 7.11 Å². The van der Waals surface area contributed by atoms with Crippen molar-refractivity contribution in [2.24, 2.45) is 5.41 Å². The number of carbonyl (C=O) groups is 1. The molecule has 0 saturated carbocycles. The molecule has 2 nitrogen and oxygen atoms in total. The zero-order chi connectivity index (χ0) is 16.1. The number of halogens is 3. The Morgan fingerprint density at radius 2 is 2.14 bits per heavy atom. The normalized spacial score (nSPS) is 26.5. The maximum atomic E-state index is 12.0. The van der Waals surface area contributed by atoms with Crippen LogP contribution < -0.4 is 4.74 Å². The highest BCUT2D eigenvalue weighted by atomic mass is 79.9. The van der Waals surface area contributed by atoms with Crippen LogP contribution in [0.3, 0.4) is 0 Å². The number of ketones is 1. The van der Waals surface area contributed by atoms with Gasteiger partial charge in [-0.05, 0) is 36.1 Å². The molecule has 22 heavy (non-hydrogen) atoms. The number of fused-ring (bicyclic) bond motifs is 3. The van der Waals surface area contributed by atoms with E-state index < -0.39 is 0 Å². The number of rotatable bonds is 3. The molecule has 0 fully saturated rings. The molecule has 0 heterocycles. The minimum Gasteiger partial charge on any atom is -0.495 e. The summed E-state index contributed by atoms with van der Waals surface area (Å²) >= 11 is 16.7. The zero-order valence-electron chi connectivity index (χ0n) is 12.5. The molecule has 118 valence electrons. The van der Waals surface area contributed by atoms with E-state index in [0.29, 0.717) is 22.2 Å². The Balaban J connectivity index is 2.29. The van der Waals surface area contributed by atoms with Crippen molar-refractivity contribution in [2.45, 2.75) is 37.4 Å². The predicted molar refractivity (Wildman–Crippen MR) is 94.2 cm³/mol. The van der Waals surface area contributed by atoms with Crippen LogP contribution in [0.25, 0.3) is 5.57 Å². The highest BCUT2D eigenvalue weighted by Gasteiger charge is 2.51. The van der Waals surface area contributed by atoms with Crippen LogP contribution in [0.5, 0.6) is 5.75 Å². The molecule has 2 unspecified atom stereocenters. The minimum atomic E-state index is -0.0790. The van der Waals surface area contributed by atoms with Crippen molar-refractivity contribution in [3.63, 3.8) is 0 Å². The number of hydrogen-bond acceptors (Lipinski definition) is 2.